The van der Waals surface area contributed by atoms with E-state index in [0.717, 1.165) is 14.9 Å². The van der Waals surface area contributed by atoms with Crippen LogP contribution in [0.15, 0.2) is 64.6 Å². The maximum absolute atomic E-state index is 12.3. The quantitative estimate of drug-likeness (QED) is 0.657. The van der Waals surface area contributed by atoms with E-state index in [1.54, 1.807) is 25.4 Å². The molecule has 5 nitrogen and oxygen atoms in total. The smallest absolute Gasteiger partial charge is 0.264 e. The van der Waals surface area contributed by atoms with Gasteiger partial charge in [0.2, 0.25) is 5.91 Å². The molecule has 0 saturated carbocycles. The summed E-state index contributed by atoms with van der Waals surface area (Å²) < 4.78 is 0.876. The number of likely N-dealkylation sites (N-methyl/N-ethyl adjacent to an activating group) is 1. The molecule has 26 heavy (non-hydrogen) atoms. The number of amides is 2. The molecule has 0 atom stereocenters. The highest BCUT2D eigenvalue weighted by molar-refractivity contribution is 9.11. The van der Waals surface area contributed by atoms with Gasteiger partial charge in [-0.15, -0.1) is 11.3 Å². The molecule has 0 spiro atoms. The Morgan fingerprint density at radius 1 is 1.08 bits per heavy atom. The van der Waals surface area contributed by atoms with Crippen LogP contribution in [0.2, 0.25) is 0 Å². The van der Waals surface area contributed by atoms with Crippen LogP contribution < -0.4 is 5.32 Å². The largest absolute Gasteiger partial charge is 0.332 e. The van der Waals surface area contributed by atoms with Gasteiger partial charge in [0.1, 0.15) is 5.82 Å². The molecule has 0 saturated heterocycles. The van der Waals surface area contributed by atoms with Gasteiger partial charge in [-0.25, -0.2) is 4.98 Å². The molecule has 0 unspecified atom stereocenters. The van der Waals surface area contributed by atoms with Gasteiger partial charge >= 0.3 is 0 Å². The number of halogens is 1. The number of carbonyl (C=O) groups is 2. The van der Waals surface area contributed by atoms with Crippen molar-refractivity contribution in [3.05, 3.63) is 69.5 Å². The summed E-state index contributed by atoms with van der Waals surface area (Å²) in [5, 5.41) is 2.71. The van der Waals surface area contributed by atoms with E-state index in [4.69, 9.17) is 0 Å². The van der Waals surface area contributed by atoms with Gasteiger partial charge in [0.05, 0.1) is 15.2 Å². The SMILES string of the molecule is CN(CC(=O)Nc1ccc(-c2ccccc2)cn1)C(=O)c1ccc(Br)s1. The molecule has 2 aromatic heterocycles. The number of benzene rings is 1. The number of carbonyl (C=O) groups excluding carboxylic acids is 2. The Balaban J connectivity index is 1.58. The lowest BCUT2D eigenvalue weighted by molar-refractivity contribution is -0.116. The van der Waals surface area contributed by atoms with Crippen LogP contribution in [0.4, 0.5) is 5.82 Å². The van der Waals surface area contributed by atoms with Gasteiger partial charge in [0.25, 0.3) is 5.91 Å². The molecule has 0 fully saturated rings. The van der Waals surface area contributed by atoms with Crippen molar-refractivity contribution in [3.63, 3.8) is 0 Å². The minimum absolute atomic E-state index is 0.0452. The fraction of sp³-hybridized carbons (Fsp3) is 0.105. The molecule has 7 heteroatoms. The topological polar surface area (TPSA) is 62.3 Å². The van der Waals surface area contributed by atoms with Crippen molar-refractivity contribution in [1.29, 1.82) is 0 Å². The summed E-state index contributed by atoms with van der Waals surface area (Å²) >= 11 is 4.66. The minimum Gasteiger partial charge on any atom is -0.332 e. The molecule has 3 rings (SSSR count). The van der Waals surface area contributed by atoms with Crippen molar-refractivity contribution in [1.82, 2.24) is 9.88 Å². The summed E-state index contributed by atoms with van der Waals surface area (Å²) in [6.07, 6.45) is 1.71. The summed E-state index contributed by atoms with van der Waals surface area (Å²) in [7, 11) is 1.60. The molecule has 0 aliphatic rings. The van der Waals surface area contributed by atoms with Gasteiger partial charge in [-0.2, -0.15) is 0 Å². The molecule has 2 heterocycles. The van der Waals surface area contributed by atoms with Crippen molar-refractivity contribution in [2.45, 2.75) is 0 Å². The Morgan fingerprint density at radius 3 is 2.46 bits per heavy atom. The maximum Gasteiger partial charge on any atom is 0.264 e. The van der Waals surface area contributed by atoms with Crippen LogP contribution in [0.25, 0.3) is 11.1 Å². The summed E-state index contributed by atoms with van der Waals surface area (Å²) in [6.45, 7) is -0.0452. The van der Waals surface area contributed by atoms with Crippen LogP contribution in [-0.4, -0.2) is 35.3 Å². The molecule has 0 radical (unpaired) electrons. The van der Waals surface area contributed by atoms with Crippen LogP contribution in [0, 0.1) is 0 Å². The molecule has 0 bridgehead atoms. The molecule has 3 aromatic rings. The Hall–Kier alpha value is -2.51. The third-order valence-corrected chi connectivity index (χ3v) is 5.26. The Labute approximate surface area is 163 Å². The van der Waals surface area contributed by atoms with E-state index in [-0.39, 0.29) is 18.4 Å². The number of hydrogen-bond donors (Lipinski definition) is 1. The third kappa shape index (κ3) is 4.56. The van der Waals surface area contributed by atoms with Gasteiger partial charge < -0.3 is 10.2 Å². The summed E-state index contributed by atoms with van der Waals surface area (Å²) in [4.78, 5) is 30.7. The number of pyridine rings is 1. The Kier molecular flexibility index (Phi) is 5.80. The fourth-order valence-corrected chi connectivity index (χ4v) is 3.74. The van der Waals surface area contributed by atoms with Crippen molar-refractivity contribution in [2.24, 2.45) is 0 Å². The van der Waals surface area contributed by atoms with E-state index in [1.807, 2.05) is 42.5 Å². The summed E-state index contributed by atoms with van der Waals surface area (Å²) in [6, 6.07) is 17.1. The van der Waals surface area contributed by atoms with Crippen LogP contribution in [0.1, 0.15) is 9.67 Å². The lowest BCUT2D eigenvalue weighted by atomic mass is 10.1. The molecule has 0 aliphatic heterocycles. The minimum atomic E-state index is -0.295. The number of nitrogens with one attached hydrogen (secondary N) is 1. The first-order chi connectivity index (χ1) is 12.5. The highest BCUT2D eigenvalue weighted by Gasteiger charge is 2.17. The lowest BCUT2D eigenvalue weighted by Crippen LogP contribution is -2.34. The van der Waals surface area contributed by atoms with Gasteiger partial charge in [0, 0.05) is 18.8 Å². The molecular weight excluding hydrogens is 414 g/mol. The molecule has 1 N–H and O–H groups in total. The average Bonchev–Trinajstić information content (AvgIpc) is 3.08. The first-order valence-corrected chi connectivity index (χ1v) is 9.46. The summed E-state index contributed by atoms with van der Waals surface area (Å²) in [5.41, 5.74) is 2.03. The van der Waals surface area contributed by atoms with E-state index in [1.165, 1.54) is 16.2 Å². The van der Waals surface area contributed by atoms with Gasteiger partial charge in [-0.1, -0.05) is 30.3 Å². The Morgan fingerprint density at radius 2 is 1.85 bits per heavy atom. The number of thiophene rings is 1. The standard InChI is InChI=1S/C19H16BrN3O2S/c1-23(19(25)15-8-9-16(20)26-15)12-18(24)22-17-10-7-14(11-21-17)13-5-3-2-4-6-13/h2-11H,12H2,1H3,(H,21,22,24). The maximum atomic E-state index is 12.3. The number of rotatable bonds is 5. The van der Waals surface area contributed by atoms with E-state index in [9.17, 15) is 9.59 Å². The normalized spacial score (nSPS) is 10.4. The van der Waals surface area contributed by atoms with Crippen molar-refractivity contribution >= 4 is 44.9 Å². The van der Waals surface area contributed by atoms with Gasteiger partial charge in [0.15, 0.2) is 0 Å². The highest BCUT2D eigenvalue weighted by atomic mass is 79.9. The van der Waals surface area contributed by atoms with E-state index < -0.39 is 0 Å². The van der Waals surface area contributed by atoms with Crippen LogP contribution >= 0.6 is 27.3 Å². The van der Waals surface area contributed by atoms with E-state index in [0.29, 0.717) is 10.7 Å². The second kappa shape index (κ2) is 8.25. The average molecular weight is 430 g/mol. The molecule has 132 valence electrons. The fourth-order valence-electron chi connectivity index (χ4n) is 2.36. The van der Waals surface area contributed by atoms with Crippen molar-refractivity contribution in [3.8, 4) is 11.1 Å². The van der Waals surface area contributed by atoms with E-state index in [2.05, 4.69) is 26.2 Å². The van der Waals surface area contributed by atoms with Crippen molar-refractivity contribution in [2.75, 3.05) is 18.9 Å². The first-order valence-electron chi connectivity index (χ1n) is 7.85. The highest BCUT2D eigenvalue weighted by Crippen LogP contribution is 2.23. The van der Waals surface area contributed by atoms with Gasteiger partial charge in [-0.05, 0) is 45.8 Å². The molecule has 0 aliphatic carbocycles. The number of hydrogen-bond acceptors (Lipinski definition) is 4. The summed E-state index contributed by atoms with van der Waals surface area (Å²) in [5.74, 6) is -0.0333. The van der Waals surface area contributed by atoms with E-state index >= 15 is 0 Å². The Bertz CT molecular complexity index is 910. The monoisotopic (exact) mass is 429 g/mol. The molecule has 2 amide bonds. The predicted octanol–water partition coefficient (Wildman–Crippen LogP) is 4.28. The molecular formula is C19H16BrN3O2S. The zero-order valence-electron chi connectivity index (χ0n) is 14.0. The van der Waals surface area contributed by atoms with Crippen LogP contribution in [-0.2, 0) is 4.79 Å². The van der Waals surface area contributed by atoms with Gasteiger partial charge in [-0.3, -0.25) is 9.59 Å². The second-order valence-corrected chi connectivity index (χ2v) is 8.07. The second-order valence-electron chi connectivity index (χ2n) is 5.61. The number of nitrogens with zero attached hydrogens (tertiary/aromatic N) is 2. The van der Waals surface area contributed by atoms with Crippen LogP contribution in [0.5, 0.6) is 0 Å². The van der Waals surface area contributed by atoms with Crippen LogP contribution in [0.3, 0.4) is 0 Å². The predicted molar refractivity (Wildman–Crippen MR) is 107 cm³/mol. The zero-order chi connectivity index (χ0) is 18.5. The first kappa shape index (κ1) is 18.3. The lowest BCUT2D eigenvalue weighted by Gasteiger charge is -2.15. The van der Waals surface area contributed by atoms with Crippen molar-refractivity contribution < 1.29 is 9.59 Å². The third-order valence-electron chi connectivity index (χ3n) is 3.65. The zero-order valence-corrected chi connectivity index (χ0v) is 16.4. The molecule has 1 aromatic carbocycles. The number of anilines is 1. The number of aromatic nitrogens is 1.